The summed E-state index contributed by atoms with van der Waals surface area (Å²) in [7, 11) is 1.46. The summed E-state index contributed by atoms with van der Waals surface area (Å²) < 4.78 is 10.1. The molecule has 0 fully saturated rings. The largest absolute Gasteiger partial charge is 0.507 e. The van der Waals surface area contributed by atoms with E-state index in [2.05, 4.69) is 0 Å². The fourth-order valence-electron chi connectivity index (χ4n) is 1.84. The van der Waals surface area contributed by atoms with Gasteiger partial charge < -0.3 is 19.4 Å². The summed E-state index contributed by atoms with van der Waals surface area (Å²) in [6, 6.07) is 4.53. The van der Waals surface area contributed by atoms with Crippen molar-refractivity contribution in [2.45, 2.75) is 12.5 Å². The van der Waals surface area contributed by atoms with E-state index in [4.69, 9.17) is 20.8 Å². The number of halogens is 1. The smallest absolute Gasteiger partial charge is 0.347 e. The maximum Gasteiger partial charge on any atom is 0.347 e. The standard InChI is InChI=1S/C13H13ClO5/c1-18-9-2-7-3-10(4-8(15)6-14)19-13(17)12(7)11(16)5-9/h2-3,5,8,15-16H,4,6H2,1H3. The van der Waals surface area contributed by atoms with Crippen LogP contribution in [0, 0.1) is 0 Å². The van der Waals surface area contributed by atoms with Crippen LogP contribution in [0.25, 0.3) is 10.8 Å². The summed E-state index contributed by atoms with van der Waals surface area (Å²) in [5, 5.41) is 19.8. The molecule has 1 aromatic heterocycles. The number of hydrogen-bond donors (Lipinski definition) is 2. The maximum atomic E-state index is 11.8. The SMILES string of the molecule is COc1cc(O)c2c(=O)oc(CC(O)CCl)cc2c1. The van der Waals surface area contributed by atoms with Crippen molar-refractivity contribution in [2.75, 3.05) is 13.0 Å². The van der Waals surface area contributed by atoms with Crippen LogP contribution in [0.2, 0.25) is 0 Å². The number of rotatable bonds is 4. The van der Waals surface area contributed by atoms with Gasteiger partial charge in [0.05, 0.1) is 13.2 Å². The van der Waals surface area contributed by atoms with Gasteiger partial charge in [0.15, 0.2) is 0 Å². The van der Waals surface area contributed by atoms with Crippen molar-refractivity contribution in [2.24, 2.45) is 0 Å². The highest BCUT2D eigenvalue weighted by molar-refractivity contribution is 6.18. The van der Waals surface area contributed by atoms with Crippen LogP contribution < -0.4 is 10.4 Å². The van der Waals surface area contributed by atoms with Crippen LogP contribution in [0.1, 0.15) is 5.76 Å². The van der Waals surface area contributed by atoms with Crippen LogP contribution in [-0.2, 0) is 6.42 Å². The van der Waals surface area contributed by atoms with Gasteiger partial charge in [0.25, 0.3) is 0 Å². The third kappa shape index (κ3) is 2.83. The quantitative estimate of drug-likeness (QED) is 0.835. The number of phenolic OH excluding ortho intramolecular Hbond substituents is 1. The zero-order chi connectivity index (χ0) is 14.0. The molecule has 0 saturated heterocycles. The molecule has 0 aliphatic heterocycles. The van der Waals surface area contributed by atoms with Crippen molar-refractivity contribution < 1.29 is 19.4 Å². The van der Waals surface area contributed by atoms with E-state index in [1.54, 1.807) is 12.1 Å². The van der Waals surface area contributed by atoms with Crippen molar-refractivity contribution in [3.05, 3.63) is 34.4 Å². The Balaban J connectivity index is 2.58. The highest BCUT2D eigenvalue weighted by Crippen LogP contribution is 2.28. The number of aromatic hydroxyl groups is 1. The zero-order valence-electron chi connectivity index (χ0n) is 10.2. The Morgan fingerprint density at radius 3 is 2.79 bits per heavy atom. The molecule has 1 aromatic carbocycles. The van der Waals surface area contributed by atoms with Gasteiger partial charge in [-0.2, -0.15) is 0 Å². The Morgan fingerprint density at radius 2 is 2.16 bits per heavy atom. The summed E-state index contributed by atoms with van der Waals surface area (Å²) in [4.78, 5) is 11.8. The molecule has 0 radical (unpaired) electrons. The summed E-state index contributed by atoms with van der Waals surface area (Å²) in [6.07, 6.45) is -0.659. The van der Waals surface area contributed by atoms with Gasteiger partial charge in [-0.3, -0.25) is 0 Å². The van der Waals surface area contributed by atoms with Crippen LogP contribution in [-0.4, -0.2) is 29.3 Å². The van der Waals surface area contributed by atoms with E-state index in [-0.39, 0.29) is 23.4 Å². The van der Waals surface area contributed by atoms with Gasteiger partial charge >= 0.3 is 5.63 Å². The highest BCUT2D eigenvalue weighted by Gasteiger charge is 2.13. The molecule has 1 unspecified atom stereocenters. The number of hydrogen-bond acceptors (Lipinski definition) is 5. The Bertz CT molecular complexity index is 649. The molecule has 102 valence electrons. The Labute approximate surface area is 114 Å². The van der Waals surface area contributed by atoms with Crippen molar-refractivity contribution in [3.63, 3.8) is 0 Å². The fourth-order valence-corrected chi connectivity index (χ4v) is 1.95. The first-order valence-electron chi connectivity index (χ1n) is 5.63. The summed E-state index contributed by atoms with van der Waals surface area (Å²) in [6.45, 7) is 0. The maximum absolute atomic E-state index is 11.8. The summed E-state index contributed by atoms with van der Waals surface area (Å²) >= 11 is 5.50. The molecule has 5 nitrogen and oxygen atoms in total. The number of methoxy groups -OCH3 is 1. The second-order valence-electron chi connectivity index (χ2n) is 4.12. The lowest BCUT2D eigenvalue weighted by Crippen LogP contribution is -2.13. The molecule has 6 heteroatoms. The third-order valence-electron chi connectivity index (χ3n) is 2.72. The van der Waals surface area contributed by atoms with Crippen LogP contribution in [0.3, 0.4) is 0 Å². The first-order valence-corrected chi connectivity index (χ1v) is 6.16. The summed E-state index contributed by atoms with van der Waals surface area (Å²) in [5.74, 6) is 0.579. The molecule has 0 aliphatic carbocycles. The molecule has 0 amide bonds. The van der Waals surface area contributed by atoms with Gasteiger partial charge in [0.2, 0.25) is 0 Å². The molecular weight excluding hydrogens is 272 g/mol. The molecular formula is C13H13ClO5. The minimum absolute atomic E-state index is 0.0467. The molecule has 2 N–H and O–H groups in total. The molecule has 1 heterocycles. The number of benzene rings is 1. The first-order chi connectivity index (χ1) is 9.05. The highest BCUT2D eigenvalue weighted by atomic mass is 35.5. The van der Waals surface area contributed by atoms with E-state index in [1.807, 2.05) is 0 Å². The number of alkyl halides is 1. The van der Waals surface area contributed by atoms with Gasteiger partial charge in [0, 0.05) is 18.4 Å². The van der Waals surface area contributed by atoms with Gasteiger partial charge in [-0.25, -0.2) is 4.79 Å². The van der Waals surface area contributed by atoms with Crippen molar-refractivity contribution >= 4 is 22.4 Å². The monoisotopic (exact) mass is 284 g/mol. The molecule has 2 rings (SSSR count). The average molecular weight is 285 g/mol. The molecule has 1 atom stereocenters. The minimum atomic E-state index is -0.790. The summed E-state index contributed by atoms with van der Waals surface area (Å²) in [5.41, 5.74) is -0.658. The second kappa shape index (κ2) is 5.50. The van der Waals surface area contributed by atoms with Crippen molar-refractivity contribution in [1.82, 2.24) is 0 Å². The number of fused-ring (bicyclic) bond motifs is 1. The first kappa shape index (κ1) is 13.7. The predicted octanol–water partition coefficient (Wildman–Crippen LogP) is 1.65. The lowest BCUT2D eigenvalue weighted by molar-refractivity contribution is 0.189. The number of ether oxygens (including phenoxy) is 1. The minimum Gasteiger partial charge on any atom is -0.507 e. The van der Waals surface area contributed by atoms with Crippen molar-refractivity contribution in [3.8, 4) is 11.5 Å². The van der Waals surface area contributed by atoms with Crippen molar-refractivity contribution in [1.29, 1.82) is 0 Å². The Kier molecular flexibility index (Phi) is 3.97. The topological polar surface area (TPSA) is 79.9 Å². The molecule has 0 bridgehead atoms. The molecule has 0 spiro atoms. The Hall–Kier alpha value is -1.72. The normalized spacial score (nSPS) is 12.6. The van der Waals surface area contributed by atoms with Gasteiger partial charge in [-0.05, 0) is 17.5 Å². The second-order valence-corrected chi connectivity index (χ2v) is 4.43. The molecule has 0 aliphatic rings. The number of phenols is 1. The van der Waals surface area contributed by atoms with E-state index >= 15 is 0 Å². The van der Waals surface area contributed by atoms with Gasteiger partial charge in [0.1, 0.15) is 22.6 Å². The van der Waals surface area contributed by atoms with E-state index in [0.29, 0.717) is 16.9 Å². The third-order valence-corrected chi connectivity index (χ3v) is 3.07. The Morgan fingerprint density at radius 1 is 1.42 bits per heavy atom. The number of aliphatic hydroxyl groups is 1. The van der Waals surface area contributed by atoms with E-state index < -0.39 is 11.7 Å². The van der Waals surface area contributed by atoms with Crippen LogP contribution >= 0.6 is 11.6 Å². The van der Waals surface area contributed by atoms with E-state index in [0.717, 1.165) is 0 Å². The number of aliphatic hydroxyl groups excluding tert-OH is 1. The van der Waals surface area contributed by atoms with Gasteiger partial charge in [-0.1, -0.05) is 0 Å². The van der Waals surface area contributed by atoms with Crippen LogP contribution in [0.4, 0.5) is 0 Å². The molecule has 0 saturated carbocycles. The fraction of sp³-hybridized carbons (Fsp3) is 0.308. The lowest BCUT2D eigenvalue weighted by Gasteiger charge is -2.08. The lowest BCUT2D eigenvalue weighted by atomic mass is 10.1. The molecule has 19 heavy (non-hydrogen) atoms. The van der Waals surface area contributed by atoms with Crippen LogP contribution in [0.15, 0.2) is 27.4 Å². The zero-order valence-corrected chi connectivity index (χ0v) is 11.0. The van der Waals surface area contributed by atoms with E-state index in [1.165, 1.54) is 13.2 Å². The van der Waals surface area contributed by atoms with Crippen LogP contribution in [0.5, 0.6) is 11.5 Å². The van der Waals surface area contributed by atoms with Gasteiger partial charge in [-0.15, -0.1) is 11.6 Å². The molecule has 2 aromatic rings. The predicted molar refractivity (Wildman–Crippen MR) is 71.1 cm³/mol. The van der Waals surface area contributed by atoms with E-state index in [9.17, 15) is 15.0 Å². The average Bonchev–Trinajstić information content (AvgIpc) is 2.37.